The van der Waals surface area contributed by atoms with Crippen LogP contribution >= 0.6 is 27.5 Å². The molecular weight excluding hydrogens is 506 g/mol. The van der Waals surface area contributed by atoms with Crippen LogP contribution in [0.5, 0.6) is 0 Å². The van der Waals surface area contributed by atoms with Gasteiger partial charge in [0.05, 0.1) is 4.90 Å². The molecule has 7 nitrogen and oxygen atoms in total. The van der Waals surface area contributed by atoms with Crippen LogP contribution in [-0.4, -0.2) is 32.4 Å². The predicted octanol–water partition coefficient (Wildman–Crippen LogP) is 4.29. The first-order valence-corrected chi connectivity index (χ1v) is 12.2. The standard InChI is InChI=1S/C21H19BrClN3O4S/c22-15-3-7-17(8-4-15)31(28,29)20-21(26-11-9-13(10-12-26)18(24)27)30-19(25-20)14-1-5-16(23)6-2-14/h1-8,13H,9-12H2,(H2,24,27). The highest BCUT2D eigenvalue weighted by atomic mass is 79.9. The molecule has 0 bridgehead atoms. The van der Waals surface area contributed by atoms with Gasteiger partial charge in [0.25, 0.3) is 0 Å². The number of halogens is 2. The van der Waals surface area contributed by atoms with Crippen molar-refractivity contribution in [2.75, 3.05) is 18.0 Å². The second kappa shape index (κ2) is 8.64. The number of aromatic nitrogens is 1. The number of oxazole rings is 1. The summed E-state index contributed by atoms with van der Waals surface area (Å²) in [7, 11) is -3.95. The zero-order chi connectivity index (χ0) is 22.2. The van der Waals surface area contributed by atoms with Crippen LogP contribution in [-0.2, 0) is 14.6 Å². The fourth-order valence-electron chi connectivity index (χ4n) is 3.48. The summed E-state index contributed by atoms with van der Waals surface area (Å²) in [6.45, 7) is 0.872. The molecule has 4 rings (SSSR count). The molecule has 2 N–H and O–H groups in total. The number of primary amides is 1. The van der Waals surface area contributed by atoms with Gasteiger partial charge in [-0.3, -0.25) is 4.79 Å². The number of anilines is 1. The van der Waals surface area contributed by atoms with Crippen molar-refractivity contribution in [3.05, 3.63) is 58.0 Å². The van der Waals surface area contributed by atoms with Gasteiger partial charge in [0.15, 0.2) is 0 Å². The molecule has 0 unspecified atom stereocenters. The fourth-order valence-corrected chi connectivity index (χ4v) is 5.19. The van der Waals surface area contributed by atoms with Gasteiger partial charge >= 0.3 is 0 Å². The summed E-state index contributed by atoms with van der Waals surface area (Å²) in [6, 6.07) is 13.1. The number of hydrogen-bond acceptors (Lipinski definition) is 6. The first kappa shape index (κ1) is 21.9. The lowest BCUT2D eigenvalue weighted by Crippen LogP contribution is -2.38. The highest BCUT2D eigenvalue weighted by Crippen LogP contribution is 2.36. The van der Waals surface area contributed by atoms with Crippen LogP contribution < -0.4 is 10.6 Å². The van der Waals surface area contributed by atoms with Gasteiger partial charge in [0, 0.05) is 34.1 Å². The normalized spacial score (nSPS) is 15.2. The molecular formula is C21H19BrClN3O4S. The molecule has 3 aromatic rings. The topological polar surface area (TPSA) is 106 Å². The van der Waals surface area contributed by atoms with Crippen LogP contribution in [0.15, 0.2) is 67.3 Å². The molecule has 1 aromatic heterocycles. The van der Waals surface area contributed by atoms with Crippen molar-refractivity contribution in [2.45, 2.75) is 22.8 Å². The molecule has 0 spiro atoms. The number of rotatable bonds is 5. The molecule has 162 valence electrons. The quantitative estimate of drug-likeness (QED) is 0.534. The van der Waals surface area contributed by atoms with E-state index in [2.05, 4.69) is 20.9 Å². The van der Waals surface area contributed by atoms with E-state index in [9.17, 15) is 13.2 Å². The van der Waals surface area contributed by atoms with E-state index in [0.717, 1.165) is 4.47 Å². The van der Waals surface area contributed by atoms with Crippen LogP contribution in [0, 0.1) is 5.92 Å². The van der Waals surface area contributed by atoms with Crippen molar-refractivity contribution >= 4 is 49.2 Å². The minimum absolute atomic E-state index is 0.111. The van der Waals surface area contributed by atoms with Crippen LogP contribution in [0.2, 0.25) is 5.02 Å². The second-order valence-electron chi connectivity index (χ2n) is 7.26. The Labute approximate surface area is 193 Å². The number of nitrogens with two attached hydrogens (primary N) is 1. The second-order valence-corrected chi connectivity index (χ2v) is 10.5. The summed E-state index contributed by atoms with van der Waals surface area (Å²) in [6.07, 6.45) is 1.04. The predicted molar refractivity (Wildman–Crippen MR) is 121 cm³/mol. The van der Waals surface area contributed by atoms with E-state index in [4.69, 9.17) is 21.8 Å². The molecule has 2 heterocycles. The van der Waals surface area contributed by atoms with Crippen LogP contribution in [0.3, 0.4) is 0 Å². The van der Waals surface area contributed by atoms with Gasteiger partial charge in [-0.2, -0.15) is 4.98 Å². The molecule has 0 saturated carbocycles. The Morgan fingerprint density at radius 2 is 1.71 bits per heavy atom. The van der Waals surface area contributed by atoms with Gasteiger partial charge in [0.2, 0.25) is 32.5 Å². The monoisotopic (exact) mass is 523 g/mol. The number of amides is 1. The van der Waals surface area contributed by atoms with Gasteiger partial charge < -0.3 is 15.1 Å². The Morgan fingerprint density at radius 3 is 2.29 bits per heavy atom. The molecule has 0 aliphatic carbocycles. The van der Waals surface area contributed by atoms with Crippen LogP contribution in [0.1, 0.15) is 12.8 Å². The van der Waals surface area contributed by atoms with Gasteiger partial charge in [-0.05, 0) is 61.4 Å². The lowest BCUT2D eigenvalue weighted by molar-refractivity contribution is -0.122. The maximum Gasteiger partial charge on any atom is 0.236 e. The summed E-state index contributed by atoms with van der Waals surface area (Å²) in [5.41, 5.74) is 6.03. The van der Waals surface area contributed by atoms with Crippen LogP contribution in [0.4, 0.5) is 5.88 Å². The minimum atomic E-state index is -3.95. The number of benzene rings is 2. The van der Waals surface area contributed by atoms with Crippen molar-refractivity contribution in [3.8, 4) is 11.5 Å². The third-order valence-corrected chi connectivity index (χ3v) is 7.68. The average molecular weight is 525 g/mol. The van der Waals surface area contributed by atoms with E-state index in [0.29, 0.717) is 36.5 Å². The van der Waals surface area contributed by atoms with E-state index in [1.807, 2.05) is 0 Å². The molecule has 1 fully saturated rings. The first-order valence-electron chi connectivity index (χ1n) is 9.57. The fraction of sp³-hybridized carbons (Fsp3) is 0.238. The van der Waals surface area contributed by atoms with E-state index in [1.54, 1.807) is 41.3 Å². The summed E-state index contributed by atoms with van der Waals surface area (Å²) in [5, 5.41) is 0.393. The number of hydrogen-bond donors (Lipinski definition) is 1. The SMILES string of the molecule is NC(=O)C1CCN(c2oc(-c3ccc(Cl)cc3)nc2S(=O)(=O)c2ccc(Br)cc2)CC1. The molecule has 1 saturated heterocycles. The maximum absolute atomic E-state index is 13.4. The van der Waals surface area contributed by atoms with Crippen molar-refractivity contribution in [1.29, 1.82) is 0 Å². The lowest BCUT2D eigenvalue weighted by atomic mass is 9.96. The zero-order valence-electron chi connectivity index (χ0n) is 16.3. The van der Waals surface area contributed by atoms with E-state index >= 15 is 0 Å². The van der Waals surface area contributed by atoms with Gasteiger partial charge in [-0.15, -0.1) is 0 Å². The molecule has 0 atom stereocenters. The Morgan fingerprint density at radius 1 is 1.10 bits per heavy atom. The smallest absolute Gasteiger partial charge is 0.236 e. The largest absolute Gasteiger partial charge is 0.419 e. The number of piperidine rings is 1. The number of carbonyl (C=O) groups is 1. The first-order chi connectivity index (χ1) is 14.8. The Hall–Kier alpha value is -2.36. The molecule has 1 aliphatic heterocycles. The van der Waals surface area contributed by atoms with E-state index in [1.165, 1.54) is 12.1 Å². The van der Waals surface area contributed by atoms with Crippen LogP contribution in [0.25, 0.3) is 11.5 Å². The third kappa shape index (κ3) is 4.49. The highest BCUT2D eigenvalue weighted by Gasteiger charge is 2.34. The molecule has 2 aromatic carbocycles. The number of nitrogens with zero attached hydrogens (tertiary/aromatic N) is 2. The molecule has 31 heavy (non-hydrogen) atoms. The summed E-state index contributed by atoms with van der Waals surface area (Å²) in [4.78, 5) is 17.8. The molecule has 1 amide bonds. The molecule has 10 heteroatoms. The van der Waals surface area contributed by atoms with Gasteiger partial charge in [-0.25, -0.2) is 8.42 Å². The molecule has 1 aliphatic rings. The minimum Gasteiger partial charge on any atom is -0.419 e. The maximum atomic E-state index is 13.4. The Kier molecular flexibility index (Phi) is 6.09. The molecule has 0 radical (unpaired) electrons. The summed E-state index contributed by atoms with van der Waals surface area (Å²) >= 11 is 9.28. The third-order valence-electron chi connectivity index (χ3n) is 5.23. The number of carbonyl (C=O) groups excluding carboxylic acids is 1. The highest BCUT2D eigenvalue weighted by molar-refractivity contribution is 9.10. The van der Waals surface area contributed by atoms with Gasteiger partial charge in [-0.1, -0.05) is 27.5 Å². The summed E-state index contributed by atoms with van der Waals surface area (Å²) in [5.74, 6) is -0.238. The average Bonchev–Trinajstić information content (AvgIpc) is 3.21. The van der Waals surface area contributed by atoms with Crippen molar-refractivity contribution in [3.63, 3.8) is 0 Å². The Bertz CT molecular complexity index is 1200. The lowest BCUT2D eigenvalue weighted by Gasteiger charge is -2.30. The van der Waals surface area contributed by atoms with E-state index < -0.39 is 9.84 Å². The number of sulfone groups is 1. The van der Waals surface area contributed by atoms with Crippen molar-refractivity contribution in [2.24, 2.45) is 11.7 Å². The summed E-state index contributed by atoms with van der Waals surface area (Å²) < 4.78 is 33.6. The van der Waals surface area contributed by atoms with Crippen molar-refractivity contribution < 1.29 is 17.6 Å². The zero-order valence-corrected chi connectivity index (χ0v) is 19.5. The van der Waals surface area contributed by atoms with Crippen molar-refractivity contribution in [1.82, 2.24) is 4.98 Å². The Balaban J connectivity index is 1.78. The van der Waals surface area contributed by atoms with Gasteiger partial charge in [0.1, 0.15) is 0 Å². The van der Waals surface area contributed by atoms with E-state index in [-0.39, 0.29) is 33.5 Å².